The molecule has 1 aromatic heterocycles. The van der Waals surface area contributed by atoms with E-state index in [0.717, 1.165) is 5.56 Å². The van der Waals surface area contributed by atoms with E-state index in [4.69, 9.17) is 11.6 Å². The molecule has 7 heteroatoms. The largest absolute Gasteiger partial charge is 0.373 e. The lowest BCUT2D eigenvalue weighted by molar-refractivity contribution is -0.384. The quantitative estimate of drug-likeness (QED) is 0.647. The summed E-state index contributed by atoms with van der Waals surface area (Å²) in [5, 5.41) is 17.5. The second kappa shape index (κ2) is 6.41. The molecule has 0 saturated carbocycles. The van der Waals surface area contributed by atoms with Crippen LogP contribution in [0.1, 0.15) is 18.5 Å². The molecular formula is C14H15ClN4O2. The third-order valence-electron chi connectivity index (χ3n) is 3.01. The molecular weight excluding hydrogens is 292 g/mol. The first-order chi connectivity index (χ1) is 10.0. The van der Waals surface area contributed by atoms with Gasteiger partial charge in [0.2, 0.25) is 0 Å². The summed E-state index contributed by atoms with van der Waals surface area (Å²) in [6.45, 7) is 1.92. The Hall–Kier alpha value is -2.34. The van der Waals surface area contributed by atoms with Gasteiger partial charge in [0.25, 0.3) is 5.69 Å². The third-order valence-corrected chi connectivity index (χ3v) is 3.36. The van der Waals surface area contributed by atoms with Crippen molar-refractivity contribution in [2.75, 3.05) is 17.7 Å². The zero-order valence-corrected chi connectivity index (χ0v) is 12.4. The van der Waals surface area contributed by atoms with Crippen LogP contribution < -0.4 is 10.6 Å². The number of pyridine rings is 1. The first kappa shape index (κ1) is 15.1. The fourth-order valence-electron chi connectivity index (χ4n) is 1.95. The van der Waals surface area contributed by atoms with Gasteiger partial charge in [-0.2, -0.15) is 0 Å². The lowest BCUT2D eigenvalue weighted by Crippen LogP contribution is -2.09. The van der Waals surface area contributed by atoms with E-state index in [1.165, 1.54) is 12.1 Å². The summed E-state index contributed by atoms with van der Waals surface area (Å²) in [4.78, 5) is 14.7. The first-order valence-electron chi connectivity index (χ1n) is 6.36. The van der Waals surface area contributed by atoms with Crippen LogP contribution in [0, 0.1) is 10.1 Å². The molecule has 0 aliphatic rings. The molecule has 1 heterocycles. The molecule has 1 aromatic carbocycles. The van der Waals surface area contributed by atoms with Gasteiger partial charge in [0, 0.05) is 12.1 Å². The monoisotopic (exact) mass is 306 g/mol. The van der Waals surface area contributed by atoms with Gasteiger partial charge >= 0.3 is 0 Å². The van der Waals surface area contributed by atoms with Crippen LogP contribution in [0.5, 0.6) is 0 Å². The topological polar surface area (TPSA) is 80.1 Å². The predicted octanol–water partition coefficient (Wildman–Crippen LogP) is 3.86. The van der Waals surface area contributed by atoms with Crippen LogP contribution in [-0.4, -0.2) is 17.0 Å². The smallest absolute Gasteiger partial charge is 0.276 e. The van der Waals surface area contributed by atoms with E-state index < -0.39 is 4.92 Å². The van der Waals surface area contributed by atoms with Crippen LogP contribution in [0.25, 0.3) is 0 Å². The Morgan fingerprint density at radius 3 is 2.57 bits per heavy atom. The fraction of sp³-hybridized carbons (Fsp3) is 0.214. The van der Waals surface area contributed by atoms with Gasteiger partial charge in [0.15, 0.2) is 0 Å². The second-order valence-corrected chi connectivity index (χ2v) is 4.90. The Morgan fingerprint density at radius 2 is 1.95 bits per heavy atom. The fourth-order valence-corrected chi connectivity index (χ4v) is 2.25. The summed E-state index contributed by atoms with van der Waals surface area (Å²) < 4.78 is 0. The molecule has 1 atom stereocenters. The van der Waals surface area contributed by atoms with Crippen molar-refractivity contribution in [3.63, 3.8) is 0 Å². The van der Waals surface area contributed by atoms with E-state index in [0.29, 0.717) is 16.7 Å². The Labute approximate surface area is 127 Å². The van der Waals surface area contributed by atoms with Crippen molar-refractivity contribution in [3.8, 4) is 0 Å². The number of halogens is 1. The van der Waals surface area contributed by atoms with Gasteiger partial charge in [-0.15, -0.1) is 0 Å². The van der Waals surface area contributed by atoms with Gasteiger partial charge in [0.1, 0.15) is 11.6 Å². The maximum Gasteiger partial charge on any atom is 0.276 e. The summed E-state index contributed by atoms with van der Waals surface area (Å²) in [5.74, 6) is 0.846. The van der Waals surface area contributed by atoms with Crippen LogP contribution in [-0.2, 0) is 0 Å². The average molecular weight is 307 g/mol. The normalized spacial score (nSPS) is 11.8. The molecule has 21 heavy (non-hydrogen) atoms. The molecule has 0 aliphatic heterocycles. The molecule has 0 fully saturated rings. The Morgan fingerprint density at radius 1 is 1.29 bits per heavy atom. The number of nitrogens with zero attached hydrogens (tertiary/aromatic N) is 2. The molecule has 6 nitrogen and oxygen atoms in total. The zero-order chi connectivity index (χ0) is 15.4. The van der Waals surface area contributed by atoms with Crippen molar-refractivity contribution < 1.29 is 4.92 Å². The van der Waals surface area contributed by atoms with Crippen LogP contribution >= 0.6 is 11.6 Å². The van der Waals surface area contributed by atoms with E-state index in [-0.39, 0.29) is 11.7 Å². The van der Waals surface area contributed by atoms with Crippen molar-refractivity contribution in [3.05, 3.63) is 57.1 Å². The van der Waals surface area contributed by atoms with Gasteiger partial charge in [-0.3, -0.25) is 10.1 Å². The minimum absolute atomic E-state index is 0.0248. The standard InChI is InChI=1S/C14H15ClN4O2/c1-9(11-5-3-4-6-12(11)15)17-14-8-10(19(20)21)7-13(16-2)18-14/h3-9H,1-2H3,(H2,16,17,18). The van der Waals surface area contributed by atoms with Gasteiger partial charge < -0.3 is 10.6 Å². The van der Waals surface area contributed by atoms with Gasteiger partial charge in [0.05, 0.1) is 23.1 Å². The maximum atomic E-state index is 10.9. The maximum absolute atomic E-state index is 10.9. The SMILES string of the molecule is CNc1cc([N+](=O)[O-])cc(NC(C)c2ccccc2Cl)n1. The summed E-state index contributed by atoms with van der Waals surface area (Å²) in [6.07, 6.45) is 0. The highest BCUT2D eigenvalue weighted by Crippen LogP contribution is 2.27. The number of rotatable bonds is 5. The van der Waals surface area contributed by atoms with Crippen LogP contribution in [0.2, 0.25) is 5.02 Å². The minimum atomic E-state index is -0.451. The first-order valence-corrected chi connectivity index (χ1v) is 6.74. The van der Waals surface area contributed by atoms with E-state index in [2.05, 4.69) is 15.6 Å². The lowest BCUT2D eigenvalue weighted by atomic mass is 10.1. The zero-order valence-electron chi connectivity index (χ0n) is 11.6. The molecule has 0 aliphatic carbocycles. The number of aromatic nitrogens is 1. The second-order valence-electron chi connectivity index (χ2n) is 4.49. The molecule has 2 N–H and O–H groups in total. The molecule has 110 valence electrons. The number of benzene rings is 1. The molecule has 1 unspecified atom stereocenters. The van der Waals surface area contributed by atoms with E-state index in [9.17, 15) is 10.1 Å². The lowest BCUT2D eigenvalue weighted by Gasteiger charge is -2.16. The summed E-state index contributed by atoms with van der Waals surface area (Å²) >= 11 is 6.14. The van der Waals surface area contributed by atoms with Crippen molar-refractivity contribution in [2.24, 2.45) is 0 Å². The molecule has 0 bridgehead atoms. The van der Waals surface area contributed by atoms with Crippen molar-refractivity contribution in [1.29, 1.82) is 0 Å². The number of nitro groups is 1. The van der Waals surface area contributed by atoms with Gasteiger partial charge in [-0.05, 0) is 18.6 Å². The highest BCUT2D eigenvalue weighted by molar-refractivity contribution is 6.31. The number of nitrogens with one attached hydrogen (secondary N) is 2. The molecule has 2 rings (SSSR count). The minimum Gasteiger partial charge on any atom is -0.373 e. The summed E-state index contributed by atoms with van der Waals surface area (Å²) in [7, 11) is 1.66. The van der Waals surface area contributed by atoms with Gasteiger partial charge in [-0.25, -0.2) is 4.98 Å². The van der Waals surface area contributed by atoms with E-state index in [1.54, 1.807) is 13.1 Å². The number of anilines is 2. The highest BCUT2D eigenvalue weighted by Gasteiger charge is 2.14. The Kier molecular flexibility index (Phi) is 4.59. The van der Waals surface area contributed by atoms with E-state index in [1.807, 2.05) is 25.1 Å². The number of hydrogen-bond acceptors (Lipinski definition) is 5. The molecule has 0 saturated heterocycles. The summed E-state index contributed by atoms with van der Waals surface area (Å²) in [5.41, 5.74) is 0.877. The molecule has 0 amide bonds. The van der Waals surface area contributed by atoms with Gasteiger partial charge in [-0.1, -0.05) is 29.8 Å². The van der Waals surface area contributed by atoms with Crippen molar-refractivity contribution in [1.82, 2.24) is 4.98 Å². The third kappa shape index (κ3) is 3.61. The van der Waals surface area contributed by atoms with Crippen LogP contribution in [0.4, 0.5) is 17.3 Å². The molecule has 0 radical (unpaired) electrons. The Balaban J connectivity index is 2.28. The van der Waals surface area contributed by atoms with Crippen LogP contribution in [0.15, 0.2) is 36.4 Å². The van der Waals surface area contributed by atoms with Crippen LogP contribution in [0.3, 0.4) is 0 Å². The average Bonchev–Trinajstić information content (AvgIpc) is 2.47. The molecule has 2 aromatic rings. The highest BCUT2D eigenvalue weighted by atomic mass is 35.5. The van der Waals surface area contributed by atoms with Crippen molar-refractivity contribution in [2.45, 2.75) is 13.0 Å². The summed E-state index contributed by atoms with van der Waals surface area (Å²) in [6, 6.07) is 10.1. The van der Waals surface area contributed by atoms with Crippen molar-refractivity contribution >= 4 is 28.9 Å². The molecule has 0 spiro atoms. The predicted molar refractivity (Wildman–Crippen MR) is 83.9 cm³/mol. The van der Waals surface area contributed by atoms with E-state index >= 15 is 0 Å². The number of hydrogen-bond donors (Lipinski definition) is 2. The Bertz CT molecular complexity index is 663.